The summed E-state index contributed by atoms with van der Waals surface area (Å²) in [5.41, 5.74) is 2.57. The quantitative estimate of drug-likeness (QED) is 0.585. The summed E-state index contributed by atoms with van der Waals surface area (Å²) in [4.78, 5) is 29.5. The molecule has 1 saturated heterocycles. The number of hydrogen-bond donors (Lipinski definition) is 0. The molecule has 1 fully saturated rings. The van der Waals surface area contributed by atoms with Gasteiger partial charge in [0, 0.05) is 44.5 Å². The fourth-order valence-corrected chi connectivity index (χ4v) is 4.15. The van der Waals surface area contributed by atoms with Crippen molar-refractivity contribution in [2.75, 3.05) is 49.1 Å². The molecule has 2 aromatic rings. The molecule has 152 valence electrons. The Morgan fingerprint density at radius 1 is 1.03 bits per heavy atom. The normalized spacial score (nSPS) is 16.5. The first-order valence-electron chi connectivity index (χ1n) is 9.82. The largest absolute Gasteiger partial charge is 0.362 e. The van der Waals surface area contributed by atoms with E-state index in [0.29, 0.717) is 31.9 Å². The second kappa shape index (κ2) is 8.06. The summed E-state index contributed by atoms with van der Waals surface area (Å²) < 4.78 is 13.5. The Morgan fingerprint density at radius 2 is 1.79 bits per heavy atom. The fourth-order valence-electron chi connectivity index (χ4n) is 4.15. The Kier molecular flexibility index (Phi) is 5.33. The molecule has 2 aromatic carbocycles. The summed E-state index contributed by atoms with van der Waals surface area (Å²) in [6.07, 6.45) is 1.72. The third kappa shape index (κ3) is 4.01. The van der Waals surface area contributed by atoms with Crippen LogP contribution in [-0.4, -0.2) is 55.0 Å². The number of piperazine rings is 1. The van der Waals surface area contributed by atoms with Crippen molar-refractivity contribution in [1.29, 1.82) is 0 Å². The molecule has 0 bridgehead atoms. The highest BCUT2D eigenvalue weighted by molar-refractivity contribution is 5.82. The van der Waals surface area contributed by atoms with Crippen LogP contribution in [0.15, 0.2) is 42.5 Å². The van der Waals surface area contributed by atoms with Crippen molar-refractivity contribution < 1.29 is 14.1 Å². The first kappa shape index (κ1) is 19.2. The van der Waals surface area contributed by atoms with E-state index in [2.05, 4.69) is 0 Å². The lowest BCUT2D eigenvalue weighted by Crippen LogP contribution is -2.51. The molecule has 7 nitrogen and oxygen atoms in total. The number of amides is 1. The van der Waals surface area contributed by atoms with Crippen LogP contribution in [0.2, 0.25) is 0 Å². The number of carbonyl (C=O) groups excluding carboxylic acids is 1. The van der Waals surface area contributed by atoms with Gasteiger partial charge < -0.3 is 14.7 Å². The summed E-state index contributed by atoms with van der Waals surface area (Å²) in [7, 11) is 0. The highest BCUT2D eigenvalue weighted by atomic mass is 19.1. The number of nitro groups is 1. The van der Waals surface area contributed by atoms with Gasteiger partial charge in [-0.3, -0.25) is 14.9 Å². The summed E-state index contributed by atoms with van der Waals surface area (Å²) in [6, 6.07) is 11.4. The van der Waals surface area contributed by atoms with Crippen molar-refractivity contribution in [2.24, 2.45) is 0 Å². The van der Waals surface area contributed by atoms with Gasteiger partial charge in [-0.1, -0.05) is 12.1 Å². The number of para-hydroxylation sites is 2. The van der Waals surface area contributed by atoms with E-state index in [0.717, 1.165) is 30.6 Å². The number of benzene rings is 2. The first-order chi connectivity index (χ1) is 14.0. The van der Waals surface area contributed by atoms with Crippen molar-refractivity contribution in [1.82, 2.24) is 4.90 Å². The molecule has 29 heavy (non-hydrogen) atoms. The third-order valence-corrected chi connectivity index (χ3v) is 5.63. The highest BCUT2D eigenvalue weighted by Gasteiger charge is 2.27. The molecule has 2 aliphatic rings. The molecule has 2 heterocycles. The van der Waals surface area contributed by atoms with Gasteiger partial charge >= 0.3 is 0 Å². The van der Waals surface area contributed by atoms with Gasteiger partial charge in [-0.25, -0.2) is 4.39 Å². The molecule has 0 aromatic heterocycles. The zero-order valence-electron chi connectivity index (χ0n) is 16.1. The number of carbonyl (C=O) groups is 1. The first-order valence-corrected chi connectivity index (χ1v) is 9.82. The molecule has 0 aliphatic carbocycles. The summed E-state index contributed by atoms with van der Waals surface area (Å²) in [5.74, 6) is -0.215. The molecule has 0 radical (unpaired) electrons. The fraction of sp³-hybridized carbons (Fsp3) is 0.381. The van der Waals surface area contributed by atoms with Crippen LogP contribution < -0.4 is 9.80 Å². The molecular weight excluding hydrogens is 375 g/mol. The van der Waals surface area contributed by atoms with Crippen LogP contribution in [0, 0.1) is 15.9 Å². The molecule has 4 rings (SSSR count). The van der Waals surface area contributed by atoms with Crippen LogP contribution in [0.3, 0.4) is 0 Å². The van der Waals surface area contributed by atoms with E-state index in [9.17, 15) is 19.3 Å². The van der Waals surface area contributed by atoms with Crippen LogP contribution in [0.5, 0.6) is 0 Å². The van der Waals surface area contributed by atoms with Crippen molar-refractivity contribution in [3.63, 3.8) is 0 Å². The van der Waals surface area contributed by atoms with Gasteiger partial charge in [-0.05, 0) is 42.7 Å². The predicted octanol–water partition coefficient (Wildman–Crippen LogP) is 2.84. The van der Waals surface area contributed by atoms with Crippen molar-refractivity contribution in [3.05, 3.63) is 64.0 Å². The lowest BCUT2D eigenvalue weighted by atomic mass is 10.0. The summed E-state index contributed by atoms with van der Waals surface area (Å²) >= 11 is 0. The minimum atomic E-state index is -0.372. The van der Waals surface area contributed by atoms with Crippen LogP contribution in [-0.2, 0) is 11.2 Å². The Balaban J connectivity index is 1.39. The lowest BCUT2D eigenvalue weighted by molar-refractivity contribution is -0.384. The second-order valence-electron chi connectivity index (χ2n) is 7.41. The maximum absolute atomic E-state index is 13.5. The van der Waals surface area contributed by atoms with Crippen molar-refractivity contribution in [2.45, 2.75) is 12.8 Å². The molecule has 8 heteroatoms. The van der Waals surface area contributed by atoms with Crippen molar-refractivity contribution in [3.8, 4) is 0 Å². The van der Waals surface area contributed by atoms with Crippen LogP contribution in [0.1, 0.15) is 12.0 Å². The Hall–Kier alpha value is -3.16. The maximum atomic E-state index is 13.5. The van der Waals surface area contributed by atoms with Crippen LogP contribution in [0.25, 0.3) is 0 Å². The van der Waals surface area contributed by atoms with E-state index in [1.165, 1.54) is 12.1 Å². The number of nitrogens with zero attached hydrogens (tertiary/aromatic N) is 4. The zero-order chi connectivity index (χ0) is 20.4. The summed E-state index contributed by atoms with van der Waals surface area (Å²) in [5, 5.41) is 11.3. The molecule has 0 spiro atoms. The molecular formula is C21H23FN4O3. The van der Waals surface area contributed by atoms with E-state index in [4.69, 9.17) is 0 Å². The number of aryl methyl sites for hydroxylation is 1. The predicted molar refractivity (Wildman–Crippen MR) is 109 cm³/mol. The monoisotopic (exact) mass is 398 g/mol. The van der Waals surface area contributed by atoms with E-state index in [1.807, 2.05) is 14.7 Å². The van der Waals surface area contributed by atoms with Crippen LogP contribution in [0.4, 0.5) is 21.5 Å². The Labute approximate surface area is 168 Å². The van der Waals surface area contributed by atoms with E-state index >= 15 is 0 Å². The van der Waals surface area contributed by atoms with Gasteiger partial charge in [0.15, 0.2) is 0 Å². The van der Waals surface area contributed by atoms with Gasteiger partial charge in [-0.2, -0.15) is 0 Å². The second-order valence-corrected chi connectivity index (χ2v) is 7.41. The number of fused-ring (bicyclic) bond motifs is 1. The number of hydrogen-bond acceptors (Lipinski definition) is 5. The minimum absolute atomic E-state index is 0.0318. The van der Waals surface area contributed by atoms with Gasteiger partial charge in [0.1, 0.15) is 11.5 Å². The van der Waals surface area contributed by atoms with Gasteiger partial charge in [0.05, 0.1) is 11.5 Å². The molecule has 0 N–H and O–H groups in total. The topological polar surface area (TPSA) is 69.9 Å². The van der Waals surface area contributed by atoms with Gasteiger partial charge in [-0.15, -0.1) is 0 Å². The SMILES string of the molecule is O=C(CN1CCCc2cc(F)ccc21)N1CCN(c2ccccc2[N+](=O)[O-])CC1. The van der Waals surface area contributed by atoms with Crippen molar-refractivity contribution >= 4 is 23.0 Å². The average molecular weight is 398 g/mol. The number of nitro benzene ring substituents is 1. The minimum Gasteiger partial charge on any atom is -0.362 e. The maximum Gasteiger partial charge on any atom is 0.292 e. The number of halogens is 1. The van der Waals surface area contributed by atoms with E-state index < -0.39 is 0 Å². The average Bonchev–Trinajstić information content (AvgIpc) is 2.73. The standard InChI is InChI=1S/C21H23FN4O3/c22-17-7-8-18-16(14-17)4-3-9-25(18)15-21(27)24-12-10-23(11-13-24)19-5-1-2-6-20(19)26(28)29/h1-2,5-8,14H,3-4,9-13,15H2. The molecule has 1 amide bonds. The Morgan fingerprint density at radius 3 is 2.55 bits per heavy atom. The molecule has 0 saturated carbocycles. The smallest absolute Gasteiger partial charge is 0.292 e. The summed E-state index contributed by atoms with van der Waals surface area (Å²) in [6.45, 7) is 3.20. The van der Waals surface area contributed by atoms with Gasteiger partial charge in [0.25, 0.3) is 5.69 Å². The Bertz CT molecular complexity index is 928. The van der Waals surface area contributed by atoms with Gasteiger partial charge in [0.2, 0.25) is 5.91 Å². The van der Waals surface area contributed by atoms with Crippen LogP contribution >= 0.6 is 0 Å². The number of anilines is 2. The molecule has 0 atom stereocenters. The highest BCUT2D eigenvalue weighted by Crippen LogP contribution is 2.29. The number of rotatable bonds is 4. The van der Waals surface area contributed by atoms with E-state index in [-0.39, 0.29) is 28.9 Å². The lowest BCUT2D eigenvalue weighted by Gasteiger charge is -2.38. The zero-order valence-corrected chi connectivity index (χ0v) is 16.1. The third-order valence-electron chi connectivity index (χ3n) is 5.63. The molecule has 0 unspecified atom stereocenters. The molecule has 2 aliphatic heterocycles. The van der Waals surface area contributed by atoms with E-state index in [1.54, 1.807) is 30.3 Å².